The number of thioether (sulfide) groups is 1. The molecule has 0 bridgehead atoms. The molecule has 0 saturated carbocycles. The lowest BCUT2D eigenvalue weighted by atomic mass is 9.87. The normalized spacial score (nSPS) is 11.4. The zero-order valence-electron chi connectivity index (χ0n) is 11.3. The Morgan fingerprint density at radius 2 is 2.00 bits per heavy atom. The molecular weight excluding hydrogens is 230 g/mol. The lowest BCUT2D eigenvalue weighted by Gasteiger charge is -2.20. The molecule has 0 heterocycles. The first-order valence-corrected chi connectivity index (χ1v) is 6.77. The largest absolute Gasteiger partial charge is 0.358 e. The van der Waals surface area contributed by atoms with Gasteiger partial charge in [0, 0.05) is 11.9 Å². The van der Waals surface area contributed by atoms with Crippen LogP contribution in [0.2, 0.25) is 0 Å². The van der Waals surface area contributed by atoms with Crippen molar-refractivity contribution in [1.82, 2.24) is 5.32 Å². The topological polar surface area (TPSA) is 29.1 Å². The second-order valence-electron chi connectivity index (χ2n) is 5.19. The van der Waals surface area contributed by atoms with Crippen LogP contribution >= 0.6 is 11.8 Å². The van der Waals surface area contributed by atoms with E-state index in [1.54, 1.807) is 18.8 Å². The lowest BCUT2D eigenvalue weighted by Crippen LogP contribution is -2.19. The molecule has 0 aliphatic rings. The molecule has 1 amide bonds. The Morgan fingerprint density at radius 3 is 2.53 bits per heavy atom. The van der Waals surface area contributed by atoms with E-state index in [0.717, 1.165) is 0 Å². The third kappa shape index (κ3) is 4.08. The molecule has 94 valence electrons. The molecule has 0 atom stereocenters. The summed E-state index contributed by atoms with van der Waals surface area (Å²) in [4.78, 5) is 12.4. The van der Waals surface area contributed by atoms with E-state index in [0.29, 0.717) is 5.75 Å². The van der Waals surface area contributed by atoms with Gasteiger partial charge in [0.2, 0.25) is 5.91 Å². The Hall–Kier alpha value is -0.960. The van der Waals surface area contributed by atoms with Crippen LogP contribution < -0.4 is 5.32 Å². The van der Waals surface area contributed by atoms with Crippen molar-refractivity contribution >= 4 is 17.7 Å². The van der Waals surface area contributed by atoms with Crippen LogP contribution in [0, 0.1) is 6.92 Å². The molecule has 0 fully saturated rings. The van der Waals surface area contributed by atoms with Crippen molar-refractivity contribution in [3.8, 4) is 0 Å². The van der Waals surface area contributed by atoms with Gasteiger partial charge in [-0.15, -0.1) is 11.8 Å². The van der Waals surface area contributed by atoms with Crippen molar-refractivity contribution in [2.45, 2.75) is 38.0 Å². The summed E-state index contributed by atoms with van der Waals surface area (Å²) in [5.74, 6) is 0.542. The summed E-state index contributed by atoms with van der Waals surface area (Å²) in [5, 5.41) is 2.64. The van der Waals surface area contributed by atoms with Gasteiger partial charge in [0.25, 0.3) is 0 Å². The summed E-state index contributed by atoms with van der Waals surface area (Å²) in [7, 11) is 1.67. The molecule has 0 saturated heterocycles. The molecule has 0 unspecified atom stereocenters. The molecule has 0 spiro atoms. The van der Waals surface area contributed by atoms with Gasteiger partial charge in [-0.25, -0.2) is 0 Å². The highest BCUT2D eigenvalue weighted by molar-refractivity contribution is 8.00. The number of hydrogen-bond acceptors (Lipinski definition) is 2. The average Bonchev–Trinajstić information content (AvgIpc) is 2.26. The number of carbonyl (C=O) groups excluding carboxylic acids is 1. The van der Waals surface area contributed by atoms with Crippen LogP contribution in [0.4, 0.5) is 0 Å². The summed E-state index contributed by atoms with van der Waals surface area (Å²) in [6.07, 6.45) is 0. The monoisotopic (exact) mass is 251 g/mol. The number of carbonyl (C=O) groups is 1. The van der Waals surface area contributed by atoms with Crippen molar-refractivity contribution in [1.29, 1.82) is 0 Å². The van der Waals surface area contributed by atoms with Gasteiger partial charge in [-0.1, -0.05) is 32.9 Å². The van der Waals surface area contributed by atoms with E-state index in [9.17, 15) is 4.79 Å². The highest BCUT2D eigenvalue weighted by atomic mass is 32.2. The van der Waals surface area contributed by atoms with E-state index >= 15 is 0 Å². The molecule has 17 heavy (non-hydrogen) atoms. The van der Waals surface area contributed by atoms with Crippen LogP contribution in [0.3, 0.4) is 0 Å². The fourth-order valence-electron chi connectivity index (χ4n) is 1.44. The Bertz CT molecular complexity index is 407. The molecule has 1 aromatic carbocycles. The van der Waals surface area contributed by atoms with Crippen LogP contribution in [0.1, 0.15) is 31.9 Å². The van der Waals surface area contributed by atoms with Gasteiger partial charge in [-0.2, -0.15) is 0 Å². The second kappa shape index (κ2) is 5.58. The molecule has 0 aliphatic heterocycles. The highest BCUT2D eigenvalue weighted by Gasteiger charge is 2.15. The van der Waals surface area contributed by atoms with E-state index in [1.165, 1.54) is 16.0 Å². The molecule has 0 radical (unpaired) electrons. The number of benzene rings is 1. The summed E-state index contributed by atoms with van der Waals surface area (Å²) >= 11 is 1.60. The third-order valence-corrected chi connectivity index (χ3v) is 3.85. The fraction of sp³-hybridized carbons (Fsp3) is 0.500. The summed E-state index contributed by atoms with van der Waals surface area (Å²) in [6.45, 7) is 8.68. The summed E-state index contributed by atoms with van der Waals surface area (Å²) in [6, 6.07) is 6.50. The molecule has 0 aliphatic carbocycles. The quantitative estimate of drug-likeness (QED) is 0.836. The summed E-state index contributed by atoms with van der Waals surface area (Å²) < 4.78 is 0. The van der Waals surface area contributed by atoms with Gasteiger partial charge in [0.05, 0.1) is 5.75 Å². The van der Waals surface area contributed by atoms with Gasteiger partial charge < -0.3 is 5.32 Å². The van der Waals surface area contributed by atoms with Crippen LogP contribution in [0.25, 0.3) is 0 Å². The Balaban J connectivity index is 2.88. The maximum Gasteiger partial charge on any atom is 0.230 e. The molecule has 0 aromatic heterocycles. The van der Waals surface area contributed by atoms with Crippen molar-refractivity contribution in [2.24, 2.45) is 0 Å². The molecule has 1 aromatic rings. The fourth-order valence-corrected chi connectivity index (χ4v) is 2.37. The van der Waals surface area contributed by atoms with Gasteiger partial charge in [-0.3, -0.25) is 4.79 Å². The predicted octanol–water partition coefficient (Wildman–Crippen LogP) is 3.13. The van der Waals surface area contributed by atoms with Crippen molar-refractivity contribution in [3.05, 3.63) is 29.3 Å². The predicted molar refractivity (Wildman–Crippen MR) is 74.7 cm³/mol. The van der Waals surface area contributed by atoms with Crippen molar-refractivity contribution in [2.75, 3.05) is 12.8 Å². The number of rotatable bonds is 3. The molecule has 1 rings (SSSR count). The Morgan fingerprint density at radius 1 is 1.35 bits per heavy atom. The van der Waals surface area contributed by atoms with Crippen LogP contribution in [-0.4, -0.2) is 18.7 Å². The first-order valence-electron chi connectivity index (χ1n) is 5.79. The first-order chi connectivity index (χ1) is 7.84. The maximum atomic E-state index is 11.2. The maximum absolute atomic E-state index is 11.2. The van der Waals surface area contributed by atoms with Gasteiger partial charge >= 0.3 is 0 Å². The van der Waals surface area contributed by atoms with E-state index in [2.05, 4.69) is 51.2 Å². The number of aryl methyl sites for hydroxylation is 1. The molecule has 1 N–H and O–H groups in total. The van der Waals surface area contributed by atoms with Gasteiger partial charge in [0.1, 0.15) is 0 Å². The zero-order valence-corrected chi connectivity index (χ0v) is 12.1. The van der Waals surface area contributed by atoms with E-state index in [4.69, 9.17) is 0 Å². The minimum atomic E-state index is 0.0653. The Kier molecular flexibility index (Phi) is 4.63. The van der Waals surface area contributed by atoms with E-state index in [-0.39, 0.29) is 11.3 Å². The minimum Gasteiger partial charge on any atom is -0.358 e. The minimum absolute atomic E-state index is 0.0653. The third-order valence-electron chi connectivity index (χ3n) is 2.69. The number of nitrogens with one attached hydrogen (secondary N) is 1. The van der Waals surface area contributed by atoms with Crippen molar-refractivity contribution < 1.29 is 4.79 Å². The smallest absolute Gasteiger partial charge is 0.230 e. The number of amides is 1. The van der Waals surface area contributed by atoms with Crippen LogP contribution in [-0.2, 0) is 10.2 Å². The lowest BCUT2D eigenvalue weighted by molar-refractivity contribution is -0.118. The number of hydrogen-bond donors (Lipinski definition) is 1. The van der Waals surface area contributed by atoms with E-state index < -0.39 is 0 Å². The van der Waals surface area contributed by atoms with E-state index in [1.807, 2.05) is 0 Å². The molecule has 2 nitrogen and oxygen atoms in total. The molecule has 3 heteroatoms. The second-order valence-corrected chi connectivity index (χ2v) is 6.21. The average molecular weight is 251 g/mol. The van der Waals surface area contributed by atoms with Crippen molar-refractivity contribution in [3.63, 3.8) is 0 Å². The SMILES string of the molecule is CNC(=O)CSc1cc(C(C)(C)C)ccc1C. The zero-order chi connectivity index (χ0) is 13.1. The van der Waals surface area contributed by atoms with Crippen LogP contribution in [0.15, 0.2) is 23.1 Å². The van der Waals surface area contributed by atoms with Gasteiger partial charge in [-0.05, 0) is 29.5 Å². The standard InChI is InChI=1S/C14H21NOS/c1-10-6-7-11(14(2,3)4)8-12(10)17-9-13(16)15-5/h6-8H,9H2,1-5H3,(H,15,16). The molecular formula is C14H21NOS. The van der Waals surface area contributed by atoms with Gasteiger partial charge in [0.15, 0.2) is 0 Å². The highest BCUT2D eigenvalue weighted by Crippen LogP contribution is 2.29. The van der Waals surface area contributed by atoms with Crippen LogP contribution in [0.5, 0.6) is 0 Å². The summed E-state index contributed by atoms with van der Waals surface area (Å²) in [5.41, 5.74) is 2.69. The Labute approximate surface area is 108 Å². The first kappa shape index (κ1) is 14.1.